The van der Waals surface area contributed by atoms with Crippen LogP contribution in [0, 0.1) is 23.2 Å². The number of aliphatic hydroxyl groups is 1. The highest BCUT2D eigenvalue weighted by atomic mass is 32.1. The first-order valence-electron chi connectivity index (χ1n) is 11.8. The van der Waals surface area contributed by atoms with Crippen LogP contribution in [0.1, 0.15) is 63.9 Å². The highest BCUT2D eigenvalue weighted by Gasteiger charge is 2.54. The molecule has 1 N–H and O–H groups in total. The molecule has 1 amide bonds. The van der Waals surface area contributed by atoms with E-state index in [1.165, 1.54) is 10.4 Å². The molecule has 2 aliphatic rings. The Bertz CT molecular complexity index is 923. The Balaban J connectivity index is 1.62. The van der Waals surface area contributed by atoms with Crippen LogP contribution in [0.2, 0.25) is 0 Å². The molecule has 0 radical (unpaired) electrons. The molecule has 1 fully saturated rings. The van der Waals surface area contributed by atoms with Gasteiger partial charge < -0.3 is 10.0 Å². The van der Waals surface area contributed by atoms with Crippen LogP contribution in [0.15, 0.2) is 30.3 Å². The van der Waals surface area contributed by atoms with E-state index in [2.05, 4.69) is 38.1 Å². The fraction of sp³-hybridized carbons (Fsp3) is 0.615. The molecule has 2 aliphatic carbocycles. The second-order valence-electron chi connectivity index (χ2n) is 9.83. The Morgan fingerprint density at radius 2 is 1.97 bits per heavy atom. The number of carbonyl (C=O) groups is 1. The van der Waals surface area contributed by atoms with Gasteiger partial charge in [-0.1, -0.05) is 51.1 Å². The molecular weight excluding hydrogens is 404 g/mol. The third kappa shape index (κ3) is 3.84. The van der Waals surface area contributed by atoms with Gasteiger partial charge in [0.25, 0.3) is 0 Å². The maximum atomic E-state index is 13.0. The van der Waals surface area contributed by atoms with E-state index in [-0.39, 0.29) is 35.0 Å². The van der Waals surface area contributed by atoms with Gasteiger partial charge in [0, 0.05) is 35.4 Å². The maximum Gasteiger partial charge on any atom is 0.225 e. The zero-order valence-electron chi connectivity index (χ0n) is 19.5. The lowest BCUT2D eigenvalue weighted by atomic mass is 9.53. The first-order valence-corrected chi connectivity index (χ1v) is 12.6. The largest absolute Gasteiger partial charge is 0.392 e. The van der Waals surface area contributed by atoms with Gasteiger partial charge >= 0.3 is 0 Å². The minimum atomic E-state index is -0.474. The predicted molar refractivity (Wildman–Crippen MR) is 127 cm³/mol. The van der Waals surface area contributed by atoms with E-state index in [1.54, 1.807) is 0 Å². The van der Waals surface area contributed by atoms with Crippen LogP contribution >= 0.6 is 11.3 Å². The minimum absolute atomic E-state index is 0.0161. The van der Waals surface area contributed by atoms with Crippen LogP contribution in [0.4, 0.5) is 0 Å². The number of rotatable bonds is 5. The number of thiazole rings is 1. The molecule has 0 bridgehead atoms. The summed E-state index contributed by atoms with van der Waals surface area (Å²) in [4.78, 5) is 21.4. The third-order valence-electron chi connectivity index (χ3n) is 8.05. The van der Waals surface area contributed by atoms with E-state index in [0.717, 1.165) is 43.1 Å². The summed E-state index contributed by atoms with van der Waals surface area (Å²) in [5.41, 5.74) is 2.38. The molecule has 6 atom stereocenters. The molecule has 1 saturated carbocycles. The maximum absolute atomic E-state index is 13.0. The molecule has 31 heavy (non-hydrogen) atoms. The Labute approximate surface area is 190 Å². The molecule has 0 saturated heterocycles. The second kappa shape index (κ2) is 8.67. The SMILES string of the molecule is CCN(CC)C(=O)[C@@H](C)[C@H]1CC[C@]2(C)Cc3sc(-c4ccccc4)nc3[C@@H](C)[C@@H]2[C@H]1O. The molecule has 1 heterocycles. The monoisotopic (exact) mass is 440 g/mol. The zero-order valence-corrected chi connectivity index (χ0v) is 20.3. The summed E-state index contributed by atoms with van der Waals surface area (Å²) < 4.78 is 0. The van der Waals surface area contributed by atoms with E-state index < -0.39 is 6.10 Å². The smallest absolute Gasteiger partial charge is 0.225 e. The van der Waals surface area contributed by atoms with Crippen molar-refractivity contribution in [2.24, 2.45) is 23.2 Å². The quantitative estimate of drug-likeness (QED) is 0.680. The van der Waals surface area contributed by atoms with Crippen LogP contribution in [-0.4, -0.2) is 40.1 Å². The number of hydrogen-bond acceptors (Lipinski definition) is 4. The first kappa shape index (κ1) is 22.5. The van der Waals surface area contributed by atoms with E-state index in [9.17, 15) is 9.90 Å². The average Bonchev–Trinajstić information content (AvgIpc) is 3.18. The second-order valence-corrected chi connectivity index (χ2v) is 10.9. The van der Waals surface area contributed by atoms with Crippen LogP contribution < -0.4 is 0 Å². The highest BCUT2D eigenvalue weighted by Crippen LogP contribution is 2.57. The summed E-state index contributed by atoms with van der Waals surface area (Å²) in [5.74, 6) is 0.375. The molecule has 0 aliphatic heterocycles. The molecular formula is C26H36N2O2S. The number of aliphatic hydroxyl groups excluding tert-OH is 1. The summed E-state index contributed by atoms with van der Waals surface area (Å²) in [6.07, 6.45) is 2.47. The van der Waals surface area contributed by atoms with Gasteiger partial charge in [-0.25, -0.2) is 4.98 Å². The van der Waals surface area contributed by atoms with E-state index >= 15 is 0 Å². The van der Waals surface area contributed by atoms with Crippen molar-refractivity contribution in [3.63, 3.8) is 0 Å². The summed E-state index contributed by atoms with van der Waals surface area (Å²) in [5, 5.41) is 12.7. The van der Waals surface area contributed by atoms with Crippen LogP contribution in [0.25, 0.3) is 10.6 Å². The first-order chi connectivity index (χ1) is 14.8. The Morgan fingerprint density at radius 3 is 2.61 bits per heavy atom. The van der Waals surface area contributed by atoms with Crippen molar-refractivity contribution in [3.8, 4) is 10.6 Å². The average molecular weight is 441 g/mol. The lowest BCUT2D eigenvalue weighted by molar-refractivity contribution is -0.144. The Kier molecular flexibility index (Phi) is 6.28. The summed E-state index contributed by atoms with van der Waals surface area (Å²) in [6.45, 7) is 12.1. The number of carbonyl (C=O) groups excluding carboxylic acids is 1. The predicted octanol–water partition coefficient (Wildman–Crippen LogP) is 5.37. The normalized spacial score (nSPS) is 30.9. The molecule has 5 heteroatoms. The van der Waals surface area contributed by atoms with Crippen molar-refractivity contribution in [1.82, 2.24) is 9.88 Å². The van der Waals surface area contributed by atoms with Gasteiger partial charge in [0.15, 0.2) is 0 Å². The molecule has 2 aromatic rings. The number of fused-ring (bicyclic) bond motifs is 2. The Morgan fingerprint density at radius 1 is 1.29 bits per heavy atom. The number of hydrogen-bond donors (Lipinski definition) is 1. The number of amides is 1. The van der Waals surface area contributed by atoms with Gasteiger partial charge in [0.2, 0.25) is 5.91 Å². The van der Waals surface area contributed by atoms with Crippen molar-refractivity contribution >= 4 is 17.2 Å². The molecule has 1 aromatic heterocycles. The van der Waals surface area contributed by atoms with Crippen molar-refractivity contribution in [2.45, 2.75) is 65.9 Å². The number of benzene rings is 1. The number of aromatic nitrogens is 1. The van der Waals surface area contributed by atoms with Gasteiger partial charge in [-0.2, -0.15) is 0 Å². The summed E-state index contributed by atoms with van der Waals surface area (Å²) in [7, 11) is 0. The minimum Gasteiger partial charge on any atom is -0.392 e. The highest BCUT2D eigenvalue weighted by molar-refractivity contribution is 7.15. The van der Waals surface area contributed by atoms with Crippen LogP contribution in [0.3, 0.4) is 0 Å². The molecule has 4 rings (SSSR count). The van der Waals surface area contributed by atoms with Gasteiger partial charge in [-0.05, 0) is 50.4 Å². The third-order valence-corrected chi connectivity index (χ3v) is 9.17. The molecule has 1 aromatic carbocycles. The molecule has 0 unspecified atom stereocenters. The van der Waals surface area contributed by atoms with Crippen LogP contribution in [-0.2, 0) is 11.2 Å². The molecule has 168 valence electrons. The zero-order chi connectivity index (χ0) is 22.3. The molecule has 0 spiro atoms. The van der Waals surface area contributed by atoms with Crippen molar-refractivity contribution in [3.05, 3.63) is 40.9 Å². The fourth-order valence-corrected chi connectivity index (χ4v) is 7.63. The summed E-state index contributed by atoms with van der Waals surface area (Å²) in [6, 6.07) is 10.4. The lowest BCUT2D eigenvalue weighted by Crippen LogP contribution is -2.53. The fourth-order valence-electron chi connectivity index (χ4n) is 6.26. The van der Waals surface area contributed by atoms with Gasteiger partial charge in [0.1, 0.15) is 5.01 Å². The number of nitrogens with zero attached hydrogens (tertiary/aromatic N) is 2. The lowest BCUT2D eigenvalue weighted by Gasteiger charge is -2.53. The van der Waals surface area contributed by atoms with E-state index in [4.69, 9.17) is 4.98 Å². The standard InChI is InChI=1S/C26H36N2O2S/c1-6-28(7-2)25(30)16(3)19-13-14-26(5)15-20-22(17(4)21(26)23(19)29)27-24(31-20)18-11-9-8-10-12-18/h8-12,16-17,19,21,23,29H,6-7,13-15H2,1-5H3/t16-,17-,19+,21+,23-,26+/m0/s1. The van der Waals surface area contributed by atoms with Gasteiger partial charge in [0.05, 0.1) is 11.8 Å². The van der Waals surface area contributed by atoms with E-state index in [1.807, 2.05) is 43.1 Å². The van der Waals surface area contributed by atoms with Gasteiger partial charge in [-0.3, -0.25) is 4.79 Å². The molecule has 4 nitrogen and oxygen atoms in total. The topological polar surface area (TPSA) is 53.4 Å². The van der Waals surface area contributed by atoms with Crippen LogP contribution in [0.5, 0.6) is 0 Å². The van der Waals surface area contributed by atoms with Crippen molar-refractivity contribution in [1.29, 1.82) is 0 Å². The van der Waals surface area contributed by atoms with Crippen molar-refractivity contribution < 1.29 is 9.90 Å². The van der Waals surface area contributed by atoms with E-state index in [0.29, 0.717) is 0 Å². The van der Waals surface area contributed by atoms with Crippen molar-refractivity contribution in [2.75, 3.05) is 13.1 Å². The summed E-state index contributed by atoms with van der Waals surface area (Å²) >= 11 is 1.82. The Hall–Kier alpha value is -1.72. The van der Waals surface area contributed by atoms with Gasteiger partial charge in [-0.15, -0.1) is 11.3 Å².